The van der Waals surface area contributed by atoms with E-state index in [9.17, 15) is 9.59 Å². The lowest BCUT2D eigenvalue weighted by Gasteiger charge is -2.44. The molecule has 0 aliphatic carbocycles. The molecule has 7 nitrogen and oxygen atoms in total. The number of benzene rings is 1. The Labute approximate surface area is 221 Å². The average Bonchev–Trinajstić information content (AvgIpc) is 2.89. The first-order valence-electron chi connectivity index (χ1n) is 13.6. The second-order valence-electron chi connectivity index (χ2n) is 11.3. The largest absolute Gasteiger partial charge is 0.493 e. The summed E-state index contributed by atoms with van der Waals surface area (Å²) in [6.07, 6.45) is 3.94. The van der Waals surface area contributed by atoms with Crippen LogP contribution in [0.5, 0.6) is 5.75 Å². The lowest BCUT2D eigenvalue weighted by atomic mass is 9.75. The molecular formula is C28H43ClN4O3. The maximum absolute atomic E-state index is 13.3. The Morgan fingerprint density at radius 2 is 1.56 bits per heavy atom. The van der Waals surface area contributed by atoms with Gasteiger partial charge in [-0.05, 0) is 83.9 Å². The molecule has 2 amide bonds. The first kappa shape index (κ1) is 27.2. The number of piperidine rings is 2. The van der Waals surface area contributed by atoms with Crippen molar-refractivity contribution in [2.45, 2.75) is 52.0 Å². The smallest absolute Gasteiger partial charge is 0.225 e. The highest BCUT2D eigenvalue weighted by Crippen LogP contribution is 2.38. The molecule has 200 valence electrons. The first-order valence-corrected chi connectivity index (χ1v) is 14.0. The van der Waals surface area contributed by atoms with E-state index in [1.54, 1.807) is 0 Å². The van der Waals surface area contributed by atoms with Gasteiger partial charge in [0.15, 0.2) is 0 Å². The molecule has 3 aliphatic heterocycles. The third-order valence-electron chi connectivity index (χ3n) is 8.49. The topological polar surface area (TPSA) is 56.3 Å². The van der Waals surface area contributed by atoms with Crippen LogP contribution in [0.2, 0.25) is 5.02 Å². The van der Waals surface area contributed by atoms with Crippen LogP contribution < -0.4 is 4.74 Å². The molecule has 1 aromatic rings. The molecule has 3 saturated heterocycles. The summed E-state index contributed by atoms with van der Waals surface area (Å²) in [5.41, 5.74) is -0.266. The fourth-order valence-corrected chi connectivity index (χ4v) is 5.88. The van der Waals surface area contributed by atoms with Crippen molar-refractivity contribution in [2.24, 2.45) is 11.3 Å². The fourth-order valence-electron chi connectivity index (χ4n) is 5.75. The van der Waals surface area contributed by atoms with Gasteiger partial charge in [0.25, 0.3) is 0 Å². The number of amides is 2. The number of hydrogen-bond acceptors (Lipinski definition) is 5. The van der Waals surface area contributed by atoms with Gasteiger partial charge in [0.1, 0.15) is 5.75 Å². The quantitative estimate of drug-likeness (QED) is 0.552. The number of carbonyl (C=O) groups is 2. The molecule has 0 aromatic heterocycles. The molecule has 8 heteroatoms. The Morgan fingerprint density at radius 1 is 0.944 bits per heavy atom. The maximum atomic E-state index is 13.3. The summed E-state index contributed by atoms with van der Waals surface area (Å²) in [7, 11) is 2.10. The molecule has 0 atom stereocenters. The normalized spacial score (nSPS) is 22.1. The summed E-state index contributed by atoms with van der Waals surface area (Å²) < 4.78 is 6.21. The van der Waals surface area contributed by atoms with Gasteiger partial charge in [-0.1, -0.05) is 11.6 Å². The monoisotopic (exact) mass is 518 g/mol. The number of piperazine rings is 1. The van der Waals surface area contributed by atoms with E-state index in [0.29, 0.717) is 43.1 Å². The molecule has 3 aliphatic rings. The van der Waals surface area contributed by atoms with Crippen LogP contribution >= 0.6 is 11.6 Å². The SMILES string of the molecule is CC(C)N1CCC(C(=O)N2CCC(COc3ccc(Cl)cc3)(CC(=O)N3CCN(C)CC3)CC2)CC1. The van der Waals surface area contributed by atoms with E-state index in [-0.39, 0.29) is 17.2 Å². The highest BCUT2D eigenvalue weighted by atomic mass is 35.5. The van der Waals surface area contributed by atoms with Gasteiger partial charge < -0.3 is 24.3 Å². The molecule has 3 heterocycles. The highest BCUT2D eigenvalue weighted by molar-refractivity contribution is 6.30. The number of hydrogen-bond donors (Lipinski definition) is 0. The highest BCUT2D eigenvalue weighted by Gasteiger charge is 2.41. The van der Waals surface area contributed by atoms with E-state index in [1.165, 1.54) is 0 Å². The minimum absolute atomic E-state index is 0.129. The van der Waals surface area contributed by atoms with Crippen LogP contribution in [0.4, 0.5) is 0 Å². The standard InChI is InChI=1S/C28H43ClN4O3/c1-22(2)31-12-8-23(9-13-31)27(35)33-14-10-28(11-15-33,21-36-25-6-4-24(29)5-7-25)20-26(34)32-18-16-30(3)17-19-32/h4-7,22-23H,8-21H2,1-3H3. The summed E-state index contributed by atoms with van der Waals surface area (Å²) >= 11 is 6.04. The van der Waals surface area contributed by atoms with Crippen molar-refractivity contribution >= 4 is 23.4 Å². The van der Waals surface area contributed by atoms with Crippen molar-refractivity contribution in [3.05, 3.63) is 29.3 Å². The van der Waals surface area contributed by atoms with E-state index >= 15 is 0 Å². The molecule has 0 spiro atoms. The third kappa shape index (κ3) is 6.93. The number of halogens is 1. The van der Waals surface area contributed by atoms with Crippen molar-refractivity contribution in [1.82, 2.24) is 19.6 Å². The van der Waals surface area contributed by atoms with Crippen molar-refractivity contribution < 1.29 is 14.3 Å². The van der Waals surface area contributed by atoms with Crippen LogP contribution in [0.3, 0.4) is 0 Å². The summed E-state index contributed by atoms with van der Waals surface area (Å²) in [5, 5.41) is 0.674. The summed E-state index contributed by atoms with van der Waals surface area (Å²) in [5.74, 6) is 1.41. The second-order valence-corrected chi connectivity index (χ2v) is 11.8. The zero-order chi connectivity index (χ0) is 25.7. The lowest BCUT2D eigenvalue weighted by Crippen LogP contribution is -2.52. The number of carbonyl (C=O) groups excluding carboxylic acids is 2. The van der Waals surface area contributed by atoms with Gasteiger partial charge in [-0.15, -0.1) is 0 Å². The van der Waals surface area contributed by atoms with Crippen LogP contribution in [-0.2, 0) is 9.59 Å². The summed E-state index contributed by atoms with van der Waals surface area (Å²) in [4.78, 5) is 35.4. The molecule has 0 N–H and O–H groups in total. The number of ether oxygens (including phenoxy) is 1. The van der Waals surface area contributed by atoms with E-state index in [2.05, 4.69) is 35.6 Å². The minimum atomic E-state index is -0.266. The van der Waals surface area contributed by atoms with E-state index in [4.69, 9.17) is 16.3 Å². The van der Waals surface area contributed by atoms with Gasteiger partial charge in [0.05, 0.1) is 6.61 Å². The van der Waals surface area contributed by atoms with Gasteiger partial charge in [-0.3, -0.25) is 9.59 Å². The average molecular weight is 519 g/mol. The van der Waals surface area contributed by atoms with Crippen molar-refractivity contribution in [3.63, 3.8) is 0 Å². The van der Waals surface area contributed by atoms with E-state index < -0.39 is 0 Å². The van der Waals surface area contributed by atoms with Gasteiger partial charge in [0.2, 0.25) is 11.8 Å². The van der Waals surface area contributed by atoms with Crippen molar-refractivity contribution in [3.8, 4) is 5.75 Å². The Kier molecular flexibility index (Phi) is 9.18. The number of nitrogens with zero attached hydrogens (tertiary/aromatic N) is 4. The van der Waals surface area contributed by atoms with Gasteiger partial charge in [-0.25, -0.2) is 0 Å². The maximum Gasteiger partial charge on any atom is 0.225 e. The Balaban J connectivity index is 1.38. The predicted octanol–water partition coefficient (Wildman–Crippen LogP) is 3.61. The van der Waals surface area contributed by atoms with Crippen molar-refractivity contribution in [2.75, 3.05) is 66.0 Å². The Morgan fingerprint density at radius 3 is 2.14 bits per heavy atom. The van der Waals surface area contributed by atoms with Crippen LogP contribution in [0.1, 0.15) is 46.0 Å². The zero-order valence-electron chi connectivity index (χ0n) is 22.3. The fraction of sp³-hybridized carbons (Fsp3) is 0.714. The van der Waals surface area contributed by atoms with Gasteiger partial charge in [0, 0.05) is 68.1 Å². The molecule has 0 unspecified atom stereocenters. The van der Waals surface area contributed by atoms with Gasteiger partial charge in [-0.2, -0.15) is 0 Å². The molecule has 1 aromatic carbocycles. The summed E-state index contributed by atoms with van der Waals surface area (Å²) in [6.45, 7) is 11.7. The number of likely N-dealkylation sites (N-methyl/N-ethyl adjacent to an activating group) is 1. The minimum Gasteiger partial charge on any atom is -0.493 e. The van der Waals surface area contributed by atoms with Crippen LogP contribution in [0.25, 0.3) is 0 Å². The molecule has 0 bridgehead atoms. The summed E-state index contributed by atoms with van der Waals surface area (Å²) in [6, 6.07) is 7.94. The second kappa shape index (κ2) is 12.1. The van der Waals surface area contributed by atoms with E-state index in [1.807, 2.05) is 29.2 Å². The number of likely N-dealkylation sites (tertiary alicyclic amines) is 2. The van der Waals surface area contributed by atoms with Gasteiger partial charge >= 0.3 is 0 Å². The molecule has 36 heavy (non-hydrogen) atoms. The molecule has 0 radical (unpaired) electrons. The molecule has 3 fully saturated rings. The zero-order valence-corrected chi connectivity index (χ0v) is 23.0. The molecule has 4 rings (SSSR count). The Hall–Kier alpha value is -1.83. The van der Waals surface area contributed by atoms with E-state index in [0.717, 1.165) is 70.7 Å². The lowest BCUT2D eigenvalue weighted by molar-refractivity contribution is -0.142. The third-order valence-corrected chi connectivity index (χ3v) is 8.74. The molecular weight excluding hydrogens is 476 g/mol. The number of rotatable bonds is 7. The first-order chi connectivity index (χ1) is 17.2. The van der Waals surface area contributed by atoms with Crippen LogP contribution in [0.15, 0.2) is 24.3 Å². The van der Waals surface area contributed by atoms with Crippen LogP contribution in [-0.4, -0.2) is 103 Å². The van der Waals surface area contributed by atoms with Crippen LogP contribution in [0, 0.1) is 11.3 Å². The van der Waals surface area contributed by atoms with Crippen molar-refractivity contribution in [1.29, 1.82) is 0 Å². The molecule has 0 saturated carbocycles. The predicted molar refractivity (Wildman–Crippen MR) is 143 cm³/mol. The Bertz CT molecular complexity index is 869.